The molecule has 6 aliphatic carbocycles. The Morgan fingerprint density at radius 2 is 0.893 bits per heavy atom. The molecule has 1 aromatic rings. The van der Waals surface area contributed by atoms with E-state index in [2.05, 4.69) is 0 Å². The molecule has 2 nitrogen and oxygen atoms in total. The quantitative estimate of drug-likeness (QED) is 0.420. The Morgan fingerprint density at radius 1 is 0.536 bits per heavy atom. The van der Waals surface area contributed by atoms with E-state index in [0.29, 0.717) is 0 Å². The molecule has 0 aliphatic heterocycles. The maximum absolute atomic E-state index is 12.1. The summed E-state index contributed by atoms with van der Waals surface area (Å²) in [5.41, 5.74) is -2.39. The summed E-state index contributed by atoms with van der Waals surface area (Å²) in [4.78, 5) is -16.0. The minimum atomic E-state index is -2.33. The lowest BCUT2D eigenvalue weighted by Crippen LogP contribution is -3.03. The fourth-order valence-corrected chi connectivity index (χ4v) is 16.0. The van der Waals surface area contributed by atoms with Crippen molar-refractivity contribution in [1.82, 2.24) is 0 Å². The lowest BCUT2D eigenvalue weighted by atomic mass is 9.41. The summed E-state index contributed by atoms with van der Waals surface area (Å²) in [5, 5.41) is 22.6. The number of hydrogen-bond donors (Lipinski definition) is 2. The van der Waals surface area contributed by atoms with E-state index in [4.69, 9.17) is 116 Å². The van der Waals surface area contributed by atoms with Crippen LogP contribution in [0.2, 0.25) is 0 Å². The normalized spacial score (nSPS) is 68.8. The zero-order valence-electron chi connectivity index (χ0n) is 13.0. The van der Waals surface area contributed by atoms with Gasteiger partial charge in [-0.25, -0.2) is 0 Å². The monoisotopic (exact) mass is 580 g/mol. The lowest BCUT2D eigenvalue weighted by molar-refractivity contribution is -0.0336. The predicted octanol–water partition coefficient (Wildman–Crippen LogP) is 5.64. The lowest BCUT2D eigenvalue weighted by Gasteiger charge is -2.81. The van der Waals surface area contributed by atoms with Crippen molar-refractivity contribution < 1.29 is 10.2 Å². The van der Waals surface area contributed by atoms with E-state index in [9.17, 15) is 10.2 Å². The highest BCUT2D eigenvalue weighted by molar-refractivity contribution is 6.78. The summed E-state index contributed by atoms with van der Waals surface area (Å²) in [6.07, 6.45) is 0. The summed E-state index contributed by atoms with van der Waals surface area (Å²) in [6, 6.07) is 5.87. The summed E-state index contributed by atoms with van der Waals surface area (Å²) in [7, 11) is 0. The van der Waals surface area contributed by atoms with Crippen molar-refractivity contribution in [3.8, 4) is 5.75 Å². The van der Waals surface area contributed by atoms with Crippen LogP contribution >= 0.6 is 116 Å². The van der Waals surface area contributed by atoms with Gasteiger partial charge in [0.05, 0.1) is 0 Å². The van der Waals surface area contributed by atoms with Gasteiger partial charge in [0.2, 0.25) is 0 Å². The molecule has 152 valence electrons. The zero-order chi connectivity index (χ0) is 21.0. The number of aliphatic hydroxyl groups is 1. The van der Waals surface area contributed by atoms with Gasteiger partial charge >= 0.3 is 0 Å². The molecule has 4 unspecified atom stereocenters. The van der Waals surface area contributed by atoms with Crippen LogP contribution in [0.4, 0.5) is 0 Å². The van der Waals surface area contributed by atoms with E-state index in [0.717, 1.165) is 0 Å². The first kappa shape index (κ1) is 20.5. The Kier molecular flexibility index (Phi) is 3.18. The largest absolute Gasteiger partial charge is 0.508 e. The van der Waals surface area contributed by atoms with Crippen LogP contribution in [-0.2, 0) is 5.60 Å². The summed E-state index contributed by atoms with van der Waals surface area (Å²) in [6.45, 7) is 0. The molecular weight excluding hydrogens is 579 g/mol. The number of alkyl halides is 10. The van der Waals surface area contributed by atoms with E-state index in [1.165, 1.54) is 12.1 Å². The second-order valence-corrected chi connectivity index (χ2v) is 13.9. The topological polar surface area (TPSA) is 40.5 Å². The van der Waals surface area contributed by atoms with Gasteiger partial charge in [-0.3, -0.25) is 0 Å². The smallest absolute Gasteiger partial charge is 0.163 e. The van der Waals surface area contributed by atoms with Gasteiger partial charge in [-0.05, 0) is 6.07 Å². The Bertz CT molecular complexity index is 958. The molecule has 6 fully saturated rings. The molecule has 2 N–H and O–H groups in total. The van der Waals surface area contributed by atoms with Crippen LogP contribution in [0.15, 0.2) is 24.3 Å². The van der Waals surface area contributed by atoms with Crippen molar-refractivity contribution in [2.45, 2.75) is 48.9 Å². The fraction of sp³-hybridized carbons (Fsp3) is 0.625. The van der Waals surface area contributed by atoms with E-state index >= 15 is 0 Å². The molecule has 7 rings (SSSR count). The van der Waals surface area contributed by atoms with Crippen molar-refractivity contribution in [2.24, 2.45) is 0 Å². The molecule has 4 atom stereocenters. The van der Waals surface area contributed by atoms with Gasteiger partial charge in [-0.15, -0.1) is 92.8 Å². The van der Waals surface area contributed by atoms with E-state index in [-0.39, 0.29) is 11.3 Å². The van der Waals surface area contributed by atoms with Crippen molar-refractivity contribution in [3.05, 3.63) is 29.8 Å². The minimum absolute atomic E-state index is 0.0609. The summed E-state index contributed by atoms with van der Waals surface area (Å²) in [5.74, 6) is -0.312. The van der Waals surface area contributed by atoms with E-state index in [1.54, 1.807) is 12.1 Å². The maximum Gasteiger partial charge on any atom is 0.163 e. The molecule has 0 heterocycles. The second kappa shape index (κ2) is 4.34. The molecule has 0 saturated heterocycles. The van der Waals surface area contributed by atoms with Crippen LogP contribution in [-0.4, -0.2) is 53.5 Å². The predicted molar refractivity (Wildman–Crippen MR) is 115 cm³/mol. The van der Waals surface area contributed by atoms with Crippen LogP contribution in [0.3, 0.4) is 0 Å². The molecule has 28 heavy (non-hydrogen) atoms. The van der Waals surface area contributed by atoms with Gasteiger partial charge in [0.25, 0.3) is 0 Å². The zero-order valence-corrected chi connectivity index (χ0v) is 20.5. The van der Waals surface area contributed by atoms with Crippen LogP contribution in [0, 0.1) is 0 Å². The highest BCUT2D eigenvalue weighted by Crippen LogP contribution is 3.13. The van der Waals surface area contributed by atoms with Gasteiger partial charge in [0.15, 0.2) is 4.33 Å². The highest BCUT2D eigenvalue weighted by atomic mass is 35.5. The number of rotatable bonds is 1. The van der Waals surface area contributed by atoms with Gasteiger partial charge in [-0.1, -0.05) is 41.4 Å². The van der Waals surface area contributed by atoms with Crippen molar-refractivity contribution >= 4 is 116 Å². The van der Waals surface area contributed by atoms with Crippen LogP contribution in [0.25, 0.3) is 0 Å². The Hall–Kier alpha value is 1.88. The number of para-hydroxylation sites is 1. The fourth-order valence-electron chi connectivity index (χ4n) is 7.16. The Balaban J connectivity index is 1.84. The maximum atomic E-state index is 12.1. The number of phenols is 1. The van der Waals surface area contributed by atoms with Gasteiger partial charge < -0.3 is 10.2 Å². The number of aromatic hydroxyl groups is 1. The second-order valence-electron chi connectivity index (χ2n) is 8.07. The van der Waals surface area contributed by atoms with Gasteiger partial charge in [-0.2, -0.15) is 0 Å². The number of phenolic OH excluding ortho intramolecular Hbond substituents is 1. The average Bonchev–Trinajstić information content (AvgIpc) is 2.86. The van der Waals surface area contributed by atoms with Gasteiger partial charge in [0, 0.05) is 5.56 Å². The van der Waals surface area contributed by atoms with Gasteiger partial charge in [0.1, 0.15) is 50.3 Å². The first-order chi connectivity index (χ1) is 12.5. The Labute approximate surface area is 209 Å². The molecule has 0 radical (unpaired) electrons. The first-order valence-corrected chi connectivity index (χ1v) is 11.7. The van der Waals surface area contributed by atoms with Crippen LogP contribution in [0.1, 0.15) is 5.56 Å². The molecule has 0 spiro atoms. The standard InChI is InChI=1S/C16H6Cl10O2/c17-8-7(28,5-3-1-2-4-6(5)27)9(18)12(21)10(8,19)14(23)11(8,20)13(9,22)15(12,24)16(14,25)26/h1-4,27-28H. The third-order valence-corrected chi connectivity index (χ3v) is 17.2. The minimum Gasteiger partial charge on any atom is -0.508 e. The van der Waals surface area contributed by atoms with Crippen LogP contribution < -0.4 is 0 Å². The highest BCUT2D eigenvalue weighted by Gasteiger charge is 3.32. The molecule has 6 saturated carbocycles. The molecular formula is C16H6Cl10O2. The van der Waals surface area contributed by atoms with E-state index < -0.39 is 48.9 Å². The molecule has 6 aliphatic rings. The van der Waals surface area contributed by atoms with Crippen molar-refractivity contribution in [3.63, 3.8) is 0 Å². The third kappa shape index (κ3) is 0.960. The molecule has 0 amide bonds. The molecule has 4 bridgehead atoms. The number of benzene rings is 1. The molecule has 0 aromatic heterocycles. The molecule has 12 heteroatoms. The third-order valence-electron chi connectivity index (χ3n) is 7.90. The molecule has 1 aromatic carbocycles. The van der Waals surface area contributed by atoms with Crippen LogP contribution in [0.5, 0.6) is 5.75 Å². The van der Waals surface area contributed by atoms with Crippen molar-refractivity contribution in [2.75, 3.05) is 0 Å². The number of halogens is 10. The number of hydrogen-bond acceptors (Lipinski definition) is 2. The summed E-state index contributed by atoms with van der Waals surface area (Å²) < 4.78 is -2.03. The SMILES string of the molecule is Oc1ccccc1C1(O)C2(Cl)C3(Cl)C4(Cl)C(Cl)(Cl)C5(Cl)C3(Cl)C1(Cl)C5(Cl)C42Cl. The average molecular weight is 585 g/mol. The summed E-state index contributed by atoms with van der Waals surface area (Å²) >= 11 is 69.2. The first-order valence-electron chi connectivity index (χ1n) is 7.91. The van der Waals surface area contributed by atoms with Crippen molar-refractivity contribution in [1.29, 1.82) is 0 Å². The van der Waals surface area contributed by atoms with E-state index in [1.807, 2.05) is 0 Å². The Morgan fingerprint density at radius 3 is 1.25 bits per heavy atom.